The fourth-order valence-corrected chi connectivity index (χ4v) is 5.15. The molecule has 3 aromatic heterocycles. The van der Waals surface area contributed by atoms with Crippen LogP contribution in [0.15, 0.2) is 18.3 Å². The largest absolute Gasteiger partial charge is 0.481 e. The van der Waals surface area contributed by atoms with Gasteiger partial charge in [-0.3, -0.25) is 4.90 Å². The van der Waals surface area contributed by atoms with Crippen LogP contribution in [0, 0.1) is 0 Å². The van der Waals surface area contributed by atoms with Crippen LogP contribution < -0.4 is 10.1 Å². The standard InChI is InChI=1S/C20H23N5O2S/c1-26-17-6-5-13(11-21-17)22-19-18-14-3-2-4-15(14)28-20(18)24-16(23-19)12-25-7-9-27-10-8-25/h5-6,11H,2-4,7-10,12H2,1H3,(H,22,23,24). The molecule has 28 heavy (non-hydrogen) atoms. The third kappa shape index (κ3) is 3.43. The van der Waals surface area contributed by atoms with E-state index in [0.717, 1.165) is 67.8 Å². The highest BCUT2D eigenvalue weighted by atomic mass is 32.1. The first-order valence-electron chi connectivity index (χ1n) is 9.68. The van der Waals surface area contributed by atoms with Crippen LogP contribution >= 0.6 is 11.3 Å². The first-order valence-corrected chi connectivity index (χ1v) is 10.5. The molecule has 4 heterocycles. The van der Waals surface area contributed by atoms with Crippen LogP contribution in [0.1, 0.15) is 22.7 Å². The number of aryl methyl sites for hydroxylation is 2. The van der Waals surface area contributed by atoms with Crippen LogP contribution in [-0.4, -0.2) is 53.3 Å². The van der Waals surface area contributed by atoms with E-state index >= 15 is 0 Å². The maximum Gasteiger partial charge on any atom is 0.213 e. The van der Waals surface area contributed by atoms with Crippen molar-refractivity contribution in [1.29, 1.82) is 0 Å². The number of aromatic nitrogens is 3. The second-order valence-electron chi connectivity index (χ2n) is 7.13. The third-order valence-corrected chi connectivity index (χ3v) is 6.47. The SMILES string of the molecule is COc1ccc(Nc2nc(CN3CCOCC3)nc3sc4c(c23)CCC4)cn1. The highest BCUT2D eigenvalue weighted by Gasteiger charge is 2.23. The number of ether oxygens (including phenoxy) is 2. The van der Waals surface area contributed by atoms with Crippen LogP contribution in [0.25, 0.3) is 10.2 Å². The van der Waals surface area contributed by atoms with E-state index in [1.54, 1.807) is 13.3 Å². The van der Waals surface area contributed by atoms with E-state index in [-0.39, 0.29) is 0 Å². The van der Waals surface area contributed by atoms with Gasteiger partial charge < -0.3 is 14.8 Å². The molecule has 1 N–H and O–H groups in total. The van der Waals surface area contributed by atoms with Crippen LogP contribution in [0.4, 0.5) is 11.5 Å². The summed E-state index contributed by atoms with van der Waals surface area (Å²) in [5.74, 6) is 2.35. The molecule has 0 amide bonds. The minimum Gasteiger partial charge on any atom is -0.481 e. The molecule has 7 nitrogen and oxygen atoms in total. The number of hydrogen-bond acceptors (Lipinski definition) is 8. The summed E-state index contributed by atoms with van der Waals surface area (Å²) in [6, 6.07) is 3.82. The van der Waals surface area contributed by atoms with Crippen molar-refractivity contribution in [2.24, 2.45) is 0 Å². The summed E-state index contributed by atoms with van der Waals surface area (Å²) in [6.07, 6.45) is 5.26. The quantitative estimate of drug-likeness (QED) is 0.709. The molecule has 1 aliphatic heterocycles. The lowest BCUT2D eigenvalue weighted by Crippen LogP contribution is -2.36. The number of hydrogen-bond donors (Lipinski definition) is 1. The Bertz CT molecular complexity index is 982. The molecule has 1 fully saturated rings. The fraction of sp³-hybridized carbons (Fsp3) is 0.450. The Morgan fingerprint density at radius 1 is 1.21 bits per heavy atom. The number of anilines is 2. The molecule has 0 radical (unpaired) electrons. The molecule has 0 unspecified atom stereocenters. The zero-order valence-electron chi connectivity index (χ0n) is 15.9. The van der Waals surface area contributed by atoms with Gasteiger partial charge in [0.25, 0.3) is 0 Å². The third-order valence-electron chi connectivity index (χ3n) is 5.29. The molecule has 0 atom stereocenters. The molecule has 0 saturated carbocycles. The monoisotopic (exact) mass is 397 g/mol. The van der Waals surface area contributed by atoms with Gasteiger partial charge in [0, 0.05) is 24.0 Å². The average Bonchev–Trinajstić information content (AvgIpc) is 3.30. The van der Waals surface area contributed by atoms with Gasteiger partial charge >= 0.3 is 0 Å². The lowest BCUT2D eigenvalue weighted by atomic mass is 10.2. The molecular formula is C20H23N5O2S. The van der Waals surface area contributed by atoms with Crippen molar-refractivity contribution < 1.29 is 9.47 Å². The predicted octanol–water partition coefficient (Wildman–Crippen LogP) is 3.16. The van der Waals surface area contributed by atoms with E-state index < -0.39 is 0 Å². The Kier molecular flexibility index (Phi) is 4.84. The lowest BCUT2D eigenvalue weighted by Gasteiger charge is -2.25. The smallest absolute Gasteiger partial charge is 0.213 e. The molecule has 146 valence electrons. The maximum absolute atomic E-state index is 5.46. The van der Waals surface area contributed by atoms with E-state index in [0.29, 0.717) is 5.88 Å². The first kappa shape index (κ1) is 17.8. The summed E-state index contributed by atoms with van der Waals surface area (Å²) < 4.78 is 10.6. The van der Waals surface area contributed by atoms with Crippen LogP contribution in [-0.2, 0) is 24.1 Å². The number of pyridine rings is 1. The minimum atomic E-state index is 0.600. The van der Waals surface area contributed by atoms with Gasteiger partial charge in [-0.05, 0) is 30.9 Å². The number of nitrogens with one attached hydrogen (secondary N) is 1. The van der Waals surface area contributed by atoms with Crippen molar-refractivity contribution in [3.63, 3.8) is 0 Å². The van der Waals surface area contributed by atoms with E-state index in [1.165, 1.54) is 22.2 Å². The molecular weight excluding hydrogens is 374 g/mol. The van der Waals surface area contributed by atoms with Gasteiger partial charge in [-0.25, -0.2) is 15.0 Å². The summed E-state index contributed by atoms with van der Waals surface area (Å²) in [5, 5.41) is 4.67. The molecule has 1 saturated heterocycles. The number of fused-ring (bicyclic) bond motifs is 3. The van der Waals surface area contributed by atoms with Gasteiger partial charge in [0.05, 0.1) is 44.1 Å². The molecule has 5 rings (SSSR count). The second kappa shape index (κ2) is 7.62. The Morgan fingerprint density at radius 3 is 2.89 bits per heavy atom. The highest BCUT2D eigenvalue weighted by Crippen LogP contribution is 2.40. The molecule has 0 bridgehead atoms. The highest BCUT2D eigenvalue weighted by molar-refractivity contribution is 7.19. The summed E-state index contributed by atoms with van der Waals surface area (Å²) in [7, 11) is 1.62. The Labute approximate surface area is 167 Å². The molecule has 0 aromatic carbocycles. The normalized spacial score (nSPS) is 17.0. The lowest BCUT2D eigenvalue weighted by molar-refractivity contribution is 0.0331. The van der Waals surface area contributed by atoms with Crippen molar-refractivity contribution in [1.82, 2.24) is 19.9 Å². The van der Waals surface area contributed by atoms with E-state index in [9.17, 15) is 0 Å². The summed E-state index contributed by atoms with van der Waals surface area (Å²) in [6.45, 7) is 4.15. The van der Waals surface area contributed by atoms with Crippen molar-refractivity contribution in [2.75, 3.05) is 38.7 Å². The molecule has 1 aliphatic carbocycles. The van der Waals surface area contributed by atoms with Crippen molar-refractivity contribution >= 4 is 33.1 Å². The fourth-order valence-electron chi connectivity index (χ4n) is 3.87. The topological polar surface area (TPSA) is 72.4 Å². The van der Waals surface area contributed by atoms with Gasteiger partial charge in [-0.2, -0.15) is 0 Å². The Morgan fingerprint density at radius 2 is 2.11 bits per heavy atom. The van der Waals surface area contributed by atoms with Crippen molar-refractivity contribution in [2.45, 2.75) is 25.8 Å². The van der Waals surface area contributed by atoms with Gasteiger partial charge in [-0.1, -0.05) is 0 Å². The molecule has 3 aromatic rings. The number of rotatable bonds is 5. The summed E-state index contributed by atoms with van der Waals surface area (Å²) in [5.41, 5.74) is 2.32. The number of methoxy groups -OCH3 is 1. The van der Waals surface area contributed by atoms with Crippen LogP contribution in [0.2, 0.25) is 0 Å². The minimum absolute atomic E-state index is 0.600. The zero-order chi connectivity index (χ0) is 18.9. The van der Waals surface area contributed by atoms with Crippen LogP contribution in [0.5, 0.6) is 5.88 Å². The summed E-state index contributed by atoms with van der Waals surface area (Å²) in [4.78, 5) is 19.0. The van der Waals surface area contributed by atoms with Crippen LogP contribution in [0.3, 0.4) is 0 Å². The summed E-state index contributed by atoms with van der Waals surface area (Å²) >= 11 is 1.82. The van der Waals surface area contributed by atoms with Gasteiger partial charge in [0.2, 0.25) is 5.88 Å². The number of thiophene rings is 1. The van der Waals surface area contributed by atoms with Gasteiger partial charge in [-0.15, -0.1) is 11.3 Å². The zero-order valence-corrected chi connectivity index (χ0v) is 16.7. The van der Waals surface area contributed by atoms with Gasteiger partial charge in [0.1, 0.15) is 16.5 Å². The Hall–Kier alpha value is -2.29. The first-order chi connectivity index (χ1) is 13.8. The average molecular weight is 398 g/mol. The van der Waals surface area contributed by atoms with Crippen molar-refractivity contribution in [3.05, 3.63) is 34.6 Å². The van der Waals surface area contributed by atoms with Crippen molar-refractivity contribution in [3.8, 4) is 5.88 Å². The number of nitrogens with zero attached hydrogens (tertiary/aromatic N) is 4. The Balaban J connectivity index is 1.51. The molecule has 0 spiro atoms. The maximum atomic E-state index is 5.46. The second-order valence-corrected chi connectivity index (χ2v) is 8.21. The number of morpholine rings is 1. The van der Waals surface area contributed by atoms with E-state index in [1.807, 2.05) is 23.5 Å². The predicted molar refractivity (Wildman–Crippen MR) is 110 cm³/mol. The van der Waals surface area contributed by atoms with Gasteiger partial charge in [0.15, 0.2) is 0 Å². The van der Waals surface area contributed by atoms with E-state index in [4.69, 9.17) is 19.4 Å². The molecule has 8 heteroatoms. The van der Waals surface area contributed by atoms with E-state index in [2.05, 4.69) is 15.2 Å². The molecule has 2 aliphatic rings.